The van der Waals surface area contributed by atoms with Crippen LogP contribution in [0, 0.1) is 0 Å². The van der Waals surface area contributed by atoms with Crippen molar-refractivity contribution >= 4 is 29.5 Å². The Bertz CT molecular complexity index is 540. The highest BCUT2D eigenvalue weighted by atomic mass is 32.2. The van der Waals surface area contributed by atoms with Crippen molar-refractivity contribution in [2.75, 3.05) is 61.8 Å². The van der Waals surface area contributed by atoms with Crippen LogP contribution < -0.4 is 14.9 Å². The van der Waals surface area contributed by atoms with Gasteiger partial charge in [-0.3, -0.25) is 4.79 Å². The summed E-state index contributed by atoms with van der Waals surface area (Å²) in [7, 11) is 0. The first-order valence-corrected chi connectivity index (χ1v) is 10.5. The smallest absolute Gasteiger partial charge is 0.251 e. The molecule has 0 atom stereocenters. The summed E-state index contributed by atoms with van der Waals surface area (Å²) in [4.78, 5) is 19.4. The van der Waals surface area contributed by atoms with Gasteiger partial charge in [0.2, 0.25) is 0 Å². The standard InChI is InChI=1S/C18H33N5O2S/c1-5-10-23(26-4)17-14-15(18(25)20-9-12-24)13-16(21-17)19-8-11-22(6-2)7-3/h13-14,24H,5-12H2,1-4H3,(H,19,21)(H,20,25). The Morgan fingerprint density at radius 1 is 1.19 bits per heavy atom. The monoisotopic (exact) mass is 383 g/mol. The lowest BCUT2D eigenvalue weighted by molar-refractivity contribution is 0.0944. The molecule has 0 saturated carbocycles. The van der Waals surface area contributed by atoms with Crippen molar-refractivity contribution in [3.8, 4) is 0 Å². The van der Waals surface area contributed by atoms with Crippen LogP contribution in [-0.2, 0) is 0 Å². The fourth-order valence-electron chi connectivity index (χ4n) is 2.52. The first kappa shape index (κ1) is 22.5. The molecule has 1 amide bonds. The zero-order valence-electron chi connectivity index (χ0n) is 16.4. The van der Waals surface area contributed by atoms with Gasteiger partial charge < -0.3 is 24.9 Å². The summed E-state index contributed by atoms with van der Waals surface area (Å²) in [6, 6.07) is 3.57. The number of nitrogens with one attached hydrogen (secondary N) is 2. The van der Waals surface area contributed by atoms with E-state index in [1.54, 1.807) is 24.1 Å². The summed E-state index contributed by atoms with van der Waals surface area (Å²) in [5.74, 6) is 1.26. The molecular formula is C18H33N5O2S. The first-order chi connectivity index (χ1) is 12.6. The van der Waals surface area contributed by atoms with E-state index in [1.165, 1.54) is 0 Å². The van der Waals surface area contributed by atoms with E-state index in [-0.39, 0.29) is 19.1 Å². The van der Waals surface area contributed by atoms with Gasteiger partial charge in [-0.2, -0.15) is 0 Å². The van der Waals surface area contributed by atoms with Gasteiger partial charge in [0.05, 0.1) is 6.61 Å². The Morgan fingerprint density at radius 3 is 2.50 bits per heavy atom. The zero-order valence-corrected chi connectivity index (χ0v) is 17.2. The van der Waals surface area contributed by atoms with Crippen molar-refractivity contribution in [1.82, 2.24) is 15.2 Å². The van der Waals surface area contributed by atoms with Gasteiger partial charge in [0.25, 0.3) is 5.91 Å². The Labute approximate surface area is 161 Å². The molecule has 148 valence electrons. The molecule has 7 nitrogen and oxygen atoms in total. The highest BCUT2D eigenvalue weighted by molar-refractivity contribution is 7.99. The minimum atomic E-state index is -0.202. The van der Waals surface area contributed by atoms with Crippen LogP contribution >= 0.6 is 11.9 Å². The van der Waals surface area contributed by atoms with Crippen LogP contribution in [0.15, 0.2) is 12.1 Å². The number of hydrogen-bond donors (Lipinski definition) is 3. The lowest BCUT2D eigenvalue weighted by Crippen LogP contribution is -2.29. The quantitative estimate of drug-likeness (QED) is 0.450. The highest BCUT2D eigenvalue weighted by Gasteiger charge is 2.14. The Hall–Kier alpha value is -1.51. The normalized spacial score (nSPS) is 10.8. The van der Waals surface area contributed by atoms with Crippen molar-refractivity contribution in [3.63, 3.8) is 0 Å². The maximum atomic E-state index is 12.3. The maximum Gasteiger partial charge on any atom is 0.251 e. The molecule has 0 bridgehead atoms. The second-order valence-corrected chi connectivity index (χ2v) is 6.62. The fraction of sp³-hybridized carbons (Fsp3) is 0.667. The molecule has 0 aromatic carbocycles. The Morgan fingerprint density at radius 2 is 1.92 bits per heavy atom. The molecule has 0 aliphatic heterocycles. The molecule has 1 rings (SSSR count). The number of carbonyl (C=O) groups is 1. The molecule has 0 aliphatic carbocycles. The molecule has 0 fully saturated rings. The molecule has 1 aromatic rings. The molecule has 1 aromatic heterocycles. The summed E-state index contributed by atoms with van der Waals surface area (Å²) < 4.78 is 2.08. The molecule has 0 aliphatic rings. The molecule has 0 unspecified atom stereocenters. The third kappa shape index (κ3) is 7.39. The van der Waals surface area contributed by atoms with Gasteiger partial charge in [-0.15, -0.1) is 0 Å². The van der Waals surface area contributed by atoms with E-state index in [9.17, 15) is 4.79 Å². The third-order valence-corrected chi connectivity index (χ3v) is 4.81. The summed E-state index contributed by atoms with van der Waals surface area (Å²) in [5.41, 5.74) is 0.545. The average molecular weight is 384 g/mol. The number of carbonyl (C=O) groups excluding carboxylic acids is 1. The summed E-state index contributed by atoms with van der Waals surface area (Å²) in [6.07, 6.45) is 3.00. The molecule has 26 heavy (non-hydrogen) atoms. The molecule has 0 radical (unpaired) electrons. The minimum absolute atomic E-state index is 0.0779. The Kier molecular flexibility index (Phi) is 11.1. The van der Waals surface area contributed by atoms with Gasteiger partial charge in [-0.05, 0) is 31.6 Å². The van der Waals surface area contributed by atoms with E-state index in [0.717, 1.165) is 45.0 Å². The Balaban J connectivity index is 2.97. The number of aromatic nitrogens is 1. The van der Waals surface area contributed by atoms with Crippen molar-refractivity contribution in [2.45, 2.75) is 27.2 Å². The second-order valence-electron chi connectivity index (χ2n) is 5.82. The summed E-state index contributed by atoms with van der Waals surface area (Å²) in [5, 5.41) is 15.0. The topological polar surface area (TPSA) is 80.7 Å². The van der Waals surface area contributed by atoms with Crippen LogP contribution in [0.2, 0.25) is 0 Å². The van der Waals surface area contributed by atoms with Crippen molar-refractivity contribution in [1.29, 1.82) is 0 Å². The molecule has 8 heteroatoms. The van der Waals surface area contributed by atoms with Crippen LogP contribution in [0.25, 0.3) is 0 Å². The predicted molar refractivity (Wildman–Crippen MR) is 111 cm³/mol. The van der Waals surface area contributed by atoms with Crippen LogP contribution in [0.5, 0.6) is 0 Å². The van der Waals surface area contributed by atoms with E-state index in [2.05, 4.69) is 45.6 Å². The maximum absolute atomic E-state index is 12.3. The predicted octanol–water partition coefficient (Wildman–Crippen LogP) is 2.05. The van der Waals surface area contributed by atoms with E-state index < -0.39 is 0 Å². The number of likely N-dealkylation sites (N-methyl/N-ethyl adjacent to an activating group) is 1. The lowest BCUT2D eigenvalue weighted by Gasteiger charge is -2.22. The highest BCUT2D eigenvalue weighted by Crippen LogP contribution is 2.23. The van der Waals surface area contributed by atoms with E-state index in [1.807, 2.05) is 6.26 Å². The number of aliphatic hydroxyl groups is 1. The van der Waals surface area contributed by atoms with Gasteiger partial charge in [0.1, 0.15) is 11.6 Å². The largest absolute Gasteiger partial charge is 0.395 e. The number of pyridine rings is 1. The second kappa shape index (κ2) is 12.8. The van der Waals surface area contributed by atoms with Crippen molar-refractivity contribution < 1.29 is 9.90 Å². The summed E-state index contributed by atoms with van der Waals surface area (Å²) >= 11 is 1.59. The van der Waals surface area contributed by atoms with Crippen LogP contribution in [0.4, 0.5) is 11.6 Å². The van der Waals surface area contributed by atoms with E-state index >= 15 is 0 Å². The number of rotatable bonds is 13. The number of aliphatic hydroxyl groups excluding tert-OH is 1. The molecule has 1 heterocycles. The van der Waals surface area contributed by atoms with E-state index in [0.29, 0.717) is 11.4 Å². The minimum Gasteiger partial charge on any atom is -0.395 e. The van der Waals surface area contributed by atoms with Crippen molar-refractivity contribution in [2.24, 2.45) is 0 Å². The molecule has 0 saturated heterocycles. The average Bonchev–Trinajstić information content (AvgIpc) is 2.67. The SMILES string of the molecule is CCCN(SC)c1cc(C(=O)NCCO)cc(NCCN(CC)CC)n1. The zero-order chi connectivity index (χ0) is 19.4. The molecule has 0 spiro atoms. The van der Waals surface area contributed by atoms with Gasteiger partial charge in [-0.1, -0.05) is 32.7 Å². The molecular weight excluding hydrogens is 350 g/mol. The van der Waals surface area contributed by atoms with Gasteiger partial charge in [0.15, 0.2) is 0 Å². The first-order valence-electron chi connectivity index (χ1n) is 9.28. The van der Waals surface area contributed by atoms with Gasteiger partial charge >= 0.3 is 0 Å². The van der Waals surface area contributed by atoms with Gasteiger partial charge in [-0.25, -0.2) is 4.98 Å². The van der Waals surface area contributed by atoms with Crippen LogP contribution in [-0.4, -0.2) is 73.0 Å². The summed E-state index contributed by atoms with van der Waals surface area (Å²) in [6.45, 7) is 11.1. The fourth-order valence-corrected chi connectivity index (χ4v) is 3.17. The van der Waals surface area contributed by atoms with Crippen molar-refractivity contribution in [3.05, 3.63) is 17.7 Å². The molecule has 3 N–H and O–H groups in total. The van der Waals surface area contributed by atoms with Crippen LogP contribution in [0.3, 0.4) is 0 Å². The number of anilines is 2. The lowest BCUT2D eigenvalue weighted by atomic mass is 10.2. The van der Waals surface area contributed by atoms with E-state index in [4.69, 9.17) is 5.11 Å². The number of hydrogen-bond acceptors (Lipinski definition) is 7. The third-order valence-electron chi connectivity index (χ3n) is 4.00. The van der Waals surface area contributed by atoms with Gasteiger partial charge in [0, 0.05) is 38.0 Å². The number of nitrogens with zero attached hydrogens (tertiary/aromatic N) is 3. The number of amides is 1. The van der Waals surface area contributed by atoms with Crippen LogP contribution in [0.1, 0.15) is 37.6 Å².